The monoisotopic (exact) mass is 265 g/mol. The van der Waals surface area contributed by atoms with E-state index in [4.69, 9.17) is 16.3 Å². The van der Waals surface area contributed by atoms with E-state index in [0.717, 1.165) is 29.0 Å². The SMILES string of the molecule is CC(C)(C)c1cc2nc3c(c(Cl)n2n1)COCC3. The maximum atomic E-state index is 6.40. The van der Waals surface area contributed by atoms with E-state index in [9.17, 15) is 0 Å². The molecule has 0 radical (unpaired) electrons. The third-order valence-corrected chi connectivity index (χ3v) is 3.61. The van der Waals surface area contributed by atoms with Crippen molar-refractivity contribution in [2.75, 3.05) is 6.61 Å². The number of aromatic nitrogens is 3. The number of hydrogen-bond donors (Lipinski definition) is 0. The van der Waals surface area contributed by atoms with Crippen molar-refractivity contribution >= 4 is 17.2 Å². The van der Waals surface area contributed by atoms with Crippen LogP contribution < -0.4 is 0 Å². The summed E-state index contributed by atoms with van der Waals surface area (Å²) in [6.45, 7) is 7.64. The summed E-state index contributed by atoms with van der Waals surface area (Å²) in [6, 6.07) is 2.02. The third kappa shape index (κ3) is 1.80. The largest absolute Gasteiger partial charge is 0.376 e. The van der Waals surface area contributed by atoms with Crippen LogP contribution in [0.4, 0.5) is 0 Å². The number of ether oxygens (including phenoxy) is 1. The van der Waals surface area contributed by atoms with Gasteiger partial charge in [0.15, 0.2) is 5.65 Å². The van der Waals surface area contributed by atoms with E-state index in [0.29, 0.717) is 18.4 Å². The Balaban J connectivity index is 2.25. The van der Waals surface area contributed by atoms with Crippen molar-refractivity contribution in [3.8, 4) is 0 Å². The lowest BCUT2D eigenvalue weighted by molar-refractivity contribution is 0.109. The summed E-state index contributed by atoms with van der Waals surface area (Å²) in [5.74, 6) is 0. The molecule has 2 aromatic rings. The van der Waals surface area contributed by atoms with Gasteiger partial charge in [0.2, 0.25) is 0 Å². The zero-order chi connectivity index (χ0) is 12.9. The third-order valence-electron chi connectivity index (χ3n) is 3.22. The molecule has 3 rings (SSSR count). The minimum atomic E-state index is -0.00592. The van der Waals surface area contributed by atoms with Crippen LogP contribution >= 0.6 is 11.6 Å². The van der Waals surface area contributed by atoms with Gasteiger partial charge >= 0.3 is 0 Å². The fraction of sp³-hybridized carbons (Fsp3) is 0.538. The van der Waals surface area contributed by atoms with E-state index in [1.165, 1.54) is 0 Å². The highest BCUT2D eigenvalue weighted by Gasteiger charge is 2.22. The minimum absolute atomic E-state index is 0.00592. The molecular weight excluding hydrogens is 250 g/mol. The first-order valence-electron chi connectivity index (χ1n) is 6.12. The predicted octanol–water partition coefficient (Wildman–Crippen LogP) is 2.75. The fourth-order valence-electron chi connectivity index (χ4n) is 2.11. The molecule has 0 atom stereocenters. The molecule has 0 aromatic carbocycles. The van der Waals surface area contributed by atoms with Gasteiger partial charge in [-0.05, 0) is 0 Å². The first kappa shape index (κ1) is 11.9. The van der Waals surface area contributed by atoms with Crippen LogP contribution in [0.25, 0.3) is 5.65 Å². The Bertz CT molecular complexity index is 613. The van der Waals surface area contributed by atoms with Crippen LogP contribution in [0.3, 0.4) is 0 Å². The van der Waals surface area contributed by atoms with Gasteiger partial charge in [0, 0.05) is 23.5 Å². The van der Waals surface area contributed by atoms with Crippen LogP contribution in [0.1, 0.15) is 37.7 Å². The van der Waals surface area contributed by atoms with Gasteiger partial charge in [-0.3, -0.25) is 0 Å². The van der Waals surface area contributed by atoms with Crippen molar-refractivity contribution < 1.29 is 4.74 Å². The topological polar surface area (TPSA) is 39.4 Å². The molecule has 2 aromatic heterocycles. The smallest absolute Gasteiger partial charge is 0.157 e. The molecule has 0 fully saturated rings. The van der Waals surface area contributed by atoms with E-state index in [-0.39, 0.29) is 5.41 Å². The molecule has 0 aliphatic carbocycles. The summed E-state index contributed by atoms with van der Waals surface area (Å²) in [5.41, 5.74) is 3.83. The second-order valence-electron chi connectivity index (χ2n) is 5.68. The van der Waals surface area contributed by atoms with Crippen LogP contribution in [0, 0.1) is 0 Å². The van der Waals surface area contributed by atoms with Gasteiger partial charge < -0.3 is 4.74 Å². The molecule has 5 heteroatoms. The van der Waals surface area contributed by atoms with Crippen LogP contribution in [0.15, 0.2) is 6.07 Å². The minimum Gasteiger partial charge on any atom is -0.376 e. The Morgan fingerprint density at radius 2 is 2.17 bits per heavy atom. The Hall–Kier alpha value is -1.13. The summed E-state index contributed by atoms with van der Waals surface area (Å²) in [6.07, 6.45) is 0.821. The summed E-state index contributed by atoms with van der Waals surface area (Å²) in [5, 5.41) is 5.19. The number of nitrogens with zero attached hydrogens (tertiary/aromatic N) is 3. The molecule has 0 N–H and O–H groups in total. The zero-order valence-electron chi connectivity index (χ0n) is 10.8. The molecule has 0 unspecified atom stereocenters. The van der Waals surface area contributed by atoms with Gasteiger partial charge in [-0.15, -0.1) is 0 Å². The van der Waals surface area contributed by atoms with E-state index in [2.05, 4.69) is 30.9 Å². The lowest BCUT2D eigenvalue weighted by Crippen LogP contribution is -2.15. The van der Waals surface area contributed by atoms with Crippen molar-refractivity contribution in [2.45, 2.75) is 39.2 Å². The quantitative estimate of drug-likeness (QED) is 0.688. The summed E-state index contributed by atoms with van der Waals surface area (Å²) < 4.78 is 7.15. The highest BCUT2D eigenvalue weighted by Crippen LogP contribution is 2.28. The molecule has 4 nitrogen and oxygen atoms in total. The van der Waals surface area contributed by atoms with Gasteiger partial charge in [-0.25, -0.2) is 9.50 Å². The van der Waals surface area contributed by atoms with Gasteiger partial charge in [0.05, 0.1) is 24.6 Å². The lowest BCUT2D eigenvalue weighted by Gasteiger charge is -2.17. The van der Waals surface area contributed by atoms with Crippen molar-refractivity contribution in [1.29, 1.82) is 0 Å². The Morgan fingerprint density at radius 3 is 2.89 bits per heavy atom. The zero-order valence-corrected chi connectivity index (χ0v) is 11.6. The van der Waals surface area contributed by atoms with Crippen molar-refractivity contribution in [1.82, 2.24) is 14.6 Å². The van der Waals surface area contributed by atoms with Gasteiger partial charge in [-0.2, -0.15) is 5.10 Å². The number of fused-ring (bicyclic) bond motifs is 2. The molecule has 0 saturated heterocycles. The highest BCUT2D eigenvalue weighted by atomic mass is 35.5. The van der Waals surface area contributed by atoms with Crippen molar-refractivity contribution in [3.63, 3.8) is 0 Å². The van der Waals surface area contributed by atoms with Crippen LogP contribution in [0.5, 0.6) is 0 Å². The summed E-state index contributed by atoms with van der Waals surface area (Å²) >= 11 is 6.40. The van der Waals surface area contributed by atoms with Crippen LogP contribution in [-0.2, 0) is 23.2 Å². The first-order chi connectivity index (χ1) is 8.47. The average molecular weight is 266 g/mol. The molecule has 0 saturated carbocycles. The molecule has 18 heavy (non-hydrogen) atoms. The number of rotatable bonds is 0. The predicted molar refractivity (Wildman–Crippen MR) is 70.1 cm³/mol. The molecule has 0 spiro atoms. The van der Waals surface area contributed by atoms with Crippen molar-refractivity contribution in [2.24, 2.45) is 0 Å². The maximum absolute atomic E-state index is 6.40. The van der Waals surface area contributed by atoms with Gasteiger partial charge in [0.1, 0.15) is 5.15 Å². The average Bonchev–Trinajstić information content (AvgIpc) is 2.73. The standard InChI is InChI=1S/C13H16ClN3O/c1-13(2,3)10-6-11-15-9-4-5-18-7-8(9)12(14)17(11)16-10/h6H,4-5,7H2,1-3H3. The molecule has 1 aliphatic rings. The normalized spacial score (nSPS) is 16.0. The molecule has 3 heterocycles. The first-order valence-corrected chi connectivity index (χ1v) is 6.50. The molecule has 96 valence electrons. The van der Waals surface area contributed by atoms with Gasteiger partial charge in [0.25, 0.3) is 0 Å². The second-order valence-corrected chi connectivity index (χ2v) is 6.04. The molecular formula is C13H16ClN3O. The van der Waals surface area contributed by atoms with Crippen LogP contribution in [0.2, 0.25) is 5.15 Å². The number of hydrogen-bond acceptors (Lipinski definition) is 3. The highest BCUT2D eigenvalue weighted by molar-refractivity contribution is 6.30. The Kier molecular flexibility index (Phi) is 2.61. The summed E-state index contributed by atoms with van der Waals surface area (Å²) in [4.78, 5) is 4.65. The molecule has 0 bridgehead atoms. The van der Waals surface area contributed by atoms with E-state index in [1.807, 2.05) is 6.07 Å². The Labute approximate surface area is 111 Å². The molecule has 1 aliphatic heterocycles. The van der Waals surface area contributed by atoms with Crippen LogP contribution in [-0.4, -0.2) is 21.2 Å². The molecule has 0 amide bonds. The van der Waals surface area contributed by atoms with E-state index in [1.54, 1.807) is 4.52 Å². The van der Waals surface area contributed by atoms with Gasteiger partial charge in [-0.1, -0.05) is 32.4 Å². The Morgan fingerprint density at radius 1 is 1.39 bits per heavy atom. The maximum Gasteiger partial charge on any atom is 0.157 e. The van der Waals surface area contributed by atoms with E-state index < -0.39 is 0 Å². The van der Waals surface area contributed by atoms with E-state index >= 15 is 0 Å². The number of halogens is 1. The fourth-order valence-corrected chi connectivity index (χ4v) is 2.40. The summed E-state index contributed by atoms with van der Waals surface area (Å²) in [7, 11) is 0. The van der Waals surface area contributed by atoms with Crippen molar-refractivity contribution in [3.05, 3.63) is 28.2 Å². The second kappa shape index (κ2) is 3.93. The lowest BCUT2D eigenvalue weighted by atomic mass is 9.93.